The van der Waals surface area contributed by atoms with Crippen LogP contribution in [0, 0.1) is 0 Å². The topological polar surface area (TPSA) is 17.8 Å². The van der Waals surface area contributed by atoms with Gasteiger partial charge < -0.3 is 0 Å². The van der Waals surface area contributed by atoms with E-state index in [1.807, 2.05) is 66.7 Å². The molecular weight excluding hydrogens is 496 g/mol. The zero-order valence-electron chi connectivity index (χ0n) is 27.0. The average Bonchev–Trinajstić information content (AvgIpc) is 3.48. The molecule has 1 aromatic heterocycles. The summed E-state index contributed by atoms with van der Waals surface area (Å²) >= 11 is 0. The third kappa shape index (κ3) is 3.84. The lowest BCUT2D eigenvalue weighted by molar-refractivity contribution is 1.13. The Bertz CT molecular complexity index is 2400. The highest BCUT2D eigenvalue weighted by atomic mass is 15.1. The summed E-state index contributed by atoms with van der Waals surface area (Å²) in [5.41, 5.74) is 6.62. The number of nitrogens with zero attached hydrogens (tertiary/aromatic N) is 2. The van der Waals surface area contributed by atoms with Crippen molar-refractivity contribution < 1.29 is 6.85 Å². The molecule has 0 radical (unpaired) electrons. The fourth-order valence-corrected chi connectivity index (χ4v) is 5.92. The Balaban J connectivity index is 1.47. The maximum Gasteiger partial charge on any atom is 0.145 e. The van der Waals surface area contributed by atoms with Crippen LogP contribution in [0.15, 0.2) is 158 Å². The Kier molecular flexibility index (Phi) is 4.40. The van der Waals surface area contributed by atoms with Crippen molar-refractivity contribution >= 4 is 32.6 Å². The molecular formula is C39H26N2. The minimum atomic E-state index is -0.399. The third-order valence-electron chi connectivity index (χ3n) is 7.66. The molecule has 0 spiro atoms. The van der Waals surface area contributed by atoms with Gasteiger partial charge in [0.15, 0.2) is 0 Å². The van der Waals surface area contributed by atoms with Crippen LogP contribution in [0.5, 0.6) is 0 Å². The number of fused-ring (bicyclic) bond motifs is 3. The van der Waals surface area contributed by atoms with Crippen LogP contribution in [-0.2, 0) is 0 Å². The molecule has 192 valence electrons. The first kappa shape index (κ1) is 18.8. The predicted molar refractivity (Wildman–Crippen MR) is 172 cm³/mol. The summed E-state index contributed by atoms with van der Waals surface area (Å²) < 4.78 is 44.0. The van der Waals surface area contributed by atoms with Crippen LogP contribution in [0.25, 0.3) is 71.9 Å². The lowest BCUT2D eigenvalue weighted by Gasteiger charge is -2.20. The summed E-state index contributed by atoms with van der Waals surface area (Å²) in [7, 11) is 0. The molecule has 0 aliphatic rings. The van der Waals surface area contributed by atoms with Crippen molar-refractivity contribution in [2.75, 3.05) is 0 Å². The first-order valence-corrected chi connectivity index (χ1v) is 13.6. The molecule has 2 heteroatoms. The maximum absolute atomic E-state index is 8.59. The molecule has 0 bridgehead atoms. The molecule has 0 amide bonds. The monoisotopic (exact) mass is 527 g/mol. The van der Waals surface area contributed by atoms with Gasteiger partial charge in [0, 0.05) is 16.3 Å². The normalized spacial score (nSPS) is 13.1. The Labute approximate surface area is 245 Å². The number of aromatic nitrogens is 2. The quantitative estimate of drug-likeness (QED) is 0.208. The molecule has 0 aliphatic carbocycles. The summed E-state index contributed by atoms with van der Waals surface area (Å²) in [4.78, 5) is 5.12. The average molecular weight is 528 g/mol. The van der Waals surface area contributed by atoms with E-state index in [1.54, 1.807) is 6.07 Å². The number of para-hydroxylation sites is 2. The summed E-state index contributed by atoms with van der Waals surface area (Å²) in [6.45, 7) is 0. The molecule has 0 saturated carbocycles. The molecule has 0 saturated heterocycles. The second-order valence-corrected chi connectivity index (χ2v) is 10.0. The van der Waals surface area contributed by atoms with Gasteiger partial charge >= 0.3 is 0 Å². The number of imidazole rings is 1. The van der Waals surface area contributed by atoms with Gasteiger partial charge in [0.2, 0.25) is 0 Å². The summed E-state index contributed by atoms with van der Waals surface area (Å²) in [6, 6.07) is 41.3. The summed E-state index contributed by atoms with van der Waals surface area (Å²) in [5.74, 6) is 0.855. The third-order valence-corrected chi connectivity index (χ3v) is 7.66. The van der Waals surface area contributed by atoms with Gasteiger partial charge in [-0.3, -0.25) is 4.57 Å². The molecule has 0 aliphatic heterocycles. The van der Waals surface area contributed by atoms with Crippen LogP contribution >= 0.6 is 0 Å². The Morgan fingerprint density at radius 1 is 0.488 bits per heavy atom. The molecule has 7 aromatic carbocycles. The molecule has 8 rings (SSSR count). The predicted octanol–water partition coefficient (Wildman–Crippen LogP) is 10.3. The van der Waals surface area contributed by atoms with Crippen molar-refractivity contribution in [3.05, 3.63) is 158 Å². The fraction of sp³-hybridized carbons (Fsp3) is 0. The molecule has 8 aromatic rings. The highest BCUT2D eigenvalue weighted by molar-refractivity contribution is 6.19. The van der Waals surface area contributed by atoms with E-state index >= 15 is 0 Å². The zero-order chi connectivity index (χ0) is 31.5. The minimum absolute atomic E-state index is 0.190. The smallest absolute Gasteiger partial charge is 0.145 e. The van der Waals surface area contributed by atoms with Crippen molar-refractivity contribution in [2.24, 2.45) is 0 Å². The van der Waals surface area contributed by atoms with Gasteiger partial charge in [0.05, 0.1) is 23.6 Å². The van der Waals surface area contributed by atoms with Crippen LogP contribution in [0.3, 0.4) is 0 Å². The Morgan fingerprint density at radius 2 is 1.07 bits per heavy atom. The number of rotatable bonds is 4. The van der Waals surface area contributed by atoms with Crippen molar-refractivity contribution in [3.8, 4) is 39.3 Å². The maximum atomic E-state index is 8.59. The van der Waals surface area contributed by atoms with Crippen molar-refractivity contribution in [1.82, 2.24) is 9.55 Å². The Morgan fingerprint density at radius 3 is 1.80 bits per heavy atom. The first-order valence-electron chi connectivity index (χ1n) is 16.1. The van der Waals surface area contributed by atoms with Crippen molar-refractivity contribution in [1.29, 1.82) is 0 Å². The van der Waals surface area contributed by atoms with E-state index in [1.165, 1.54) is 0 Å². The SMILES string of the molecule is [2H]c1c([2H])c([2H])c(-c2cccc(-c3c4ccccc4c(-n4c(-c5ccccc5)nc5ccccc54)c4ccccc34)c2)c([2H])c1[2H]. The van der Waals surface area contributed by atoms with Gasteiger partial charge in [-0.15, -0.1) is 0 Å². The first-order chi connectivity index (χ1) is 22.4. The van der Waals surface area contributed by atoms with E-state index in [0.29, 0.717) is 5.56 Å². The lowest BCUT2D eigenvalue weighted by atomic mass is 9.89. The number of hydrogen-bond acceptors (Lipinski definition) is 1. The molecule has 0 fully saturated rings. The van der Waals surface area contributed by atoms with Crippen LogP contribution < -0.4 is 0 Å². The molecule has 0 atom stereocenters. The molecule has 2 nitrogen and oxygen atoms in total. The van der Waals surface area contributed by atoms with Gasteiger partial charge in [-0.25, -0.2) is 4.98 Å². The molecule has 0 N–H and O–H groups in total. The molecule has 0 unspecified atom stereocenters. The zero-order valence-corrected chi connectivity index (χ0v) is 22.0. The van der Waals surface area contributed by atoms with Gasteiger partial charge in [0.1, 0.15) is 5.82 Å². The second-order valence-electron chi connectivity index (χ2n) is 10.0. The van der Waals surface area contributed by atoms with E-state index in [9.17, 15) is 0 Å². The number of benzene rings is 7. The van der Waals surface area contributed by atoms with E-state index in [0.717, 1.165) is 60.8 Å². The molecule has 41 heavy (non-hydrogen) atoms. The van der Waals surface area contributed by atoms with Gasteiger partial charge in [-0.2, -0.15) is 0 Å². The van der Waals surface area contributed by atoms with Crippen LogP contribution in [0.1, 0.15) is 6.85 Å². The standard InChI is InChI=1S/C39H26N2/c1-3-14-27(15-4-1)29-18-13-19-30(26-29)37-31-20-7-9-22-33(31)38(34-23-10-8-21-32(34)37)41-36-25-12-11-24-35(36)40-39(41)28-16-5-2-6-17-28/h1-26H/i1D,3D,4D,14D,15D. The summed E-state index contributed by atoms with van der Waals surface area (Å²) in [6.07, 6.45) is 0. The number of hydrogen-bond donors (Lipinski definition) is 0. The fourth-order valence-electron chi connectivity index (χ4n) is 5.92. The minimum Gasteiger partial charge on any atom is -0.291 e. The largest absolute Gasteiger partial charge is 0.291 e. The van der Waals surface area contributed by atoms with Crippen molar-refractivity contribution in [3.63, 3.8) is 0 Å². The Hall–Kier alpha value is -5.47. The molecule has 1 heterocycles. The van der Waals surface area contributed by atoms with E-state index in [4.69, 9.17) is 11.8 Å². The van der Waals surface area contributed by atoms with E-state index in [2.05, 4.69) is 59.2 Å². The van der Waals surface area contributed by atoms with E-state index < -0.39 is 6.04 Å². The van der Waals surface area contributed by atoms with Crippen LogP contribution in [0.4, 0.5) is 0 Å². The van der Waals surface area contributed by atoms with Gasteiger partial charge in [-0.1, -0.05) is 139 Å². The van der Waals surface area contributed by atoms with Gasteiger partial charge in [0.25, 0.3) is 0 Å². The van der Waals surface area contributed by atoms with Crippen molar-refractivity contribution in [2.45, 2.75) is 0 Å². The van der Waals surface area contributed by atoms with Crippen LogP contribution in [-0.4, -0.2) is 9.55 Å². The highest BCUT2D eigenvalue weighted by Crippen LogP contribution is 2.43. The van der Waals surface area contributed by atoms with E-state index in [-0.39, 0.29) is 29.7 Å². The summed E-state index contributed by atoms with van der Waals surface area (Å²) in [5, 5.41) is 4.16. The highest BCUT2D eigenvalue weighted by Gasteiger charge is 2.21. The van der Waals surface area contributed by atoms with Crippen LogP contribution in [0.2, 0.25) is 0 Å². The lowest BCUT2D eigenvalue weighted by Crippen LogP contribution is -2.01. The second kappa shape index (κ2) is 9.62. The van der Waals surface area contributed by atoms with Gasteiger partial charge in [-0.05, 0) is 51.2 Å².